The molecule has 1 saturated carbocycles. The second-order valence-corrected chi connectivity index (χ2v) is 7.65. The molecule has 2 aromatic rings. The zero-order valence-corrected chi connectivity index (χ0v) is 16.6. The second kappa shape index (κ2) is 7.39. The molecule has 4 rings (SSSR count). The molecule has 1 atom stereocenters. The van der Waals surface area contributed by atoms with Crippen molar-refractivity contribution in [3.05, 3.63) is 42.2 Å². The Morgan fingerprint density at radius 2 is 2.03 bits per heavy atom. The molecule has 9 heteroatoms. The Labute approximate surface area is 173 Å². The summed E-state index contributed by atoms with van der Waals surface area (Å²) in [5.41, 5.74) is -1.05. The predicted octanol–water partition coefficient (Wildman–Crippen LogP) is 1.38. The van der Waals surface area contributed by atoms with Crippen LogP contribution in [-0.2, 0) is 15.0 Å². The van der Waals surface area contributed by atoms with Crippen LogP contribution in [0.2, 0.25) is 0 Å². The van der Waals surface area contributed by atoms with Crippen molar-refractivity contribution in [2.75, 3.05) is 23.8 Å². The van der Waals surface area contributed by atoms with Crippen molar-refractivity contribution in [2.24, 2.45) is 0 Å². The van der Waals surface area contributed by atoms with Crippen molar-refractivity contribution < 1.29 is 14.7 Å². The number of aromatic nitrogens is 2. The number of carbonyl (C=O) groups is 2. The van der Waals surface area contributed by atoms with E-state index in [1.165, 1.54) is 11.1 Å². The molecule has 0 bridgehead atoms. The molecular weight excluding hydrogens is 384 g/mol. The minimum atomic E-state index is -1.98. The highest BCUT2D eigenvalue weighted by atomic mass is 16.3. The van der Waals surface area contributed by atoms with Crippen LogP contribution in [0.4, 0.5) is 17.3 Å². The topological polar surface area (TPSA) is 131 Å². The maximum Gasteiger partial charge on any atom is 0.273 e. The highest BCUT2D eigenvalue weighted by Crippen LogP contribution is 2.43. The lowest BCUT2D eigenvalue weighted by Gasteiger charge is -2.40. The Hall–Kier alpha value is -3.51. The summed E-state index contributed by atoms with van der Waals surface area (Å²) in [5, 5.41) is 24.9. The van der Waals surface area contributed by atoms with E-state index >= 15 is 0 Å². The van der Waals surface area contributed by atoms with Crippen molar-refractivity contribution in [1.82, 2.24) is 15.3 Å². The van der Waals surface area contributed by atoms with Gasteiger partial charge in [-0.05, 0) is 30.5 Å². The van der Waals surface area contributed by atoms with Crippen molar-refractivity contribution in [1.29, 1.82) is 5.26 Å². The van der Waals surface area contributed by atoms with Crippen molar-refractivity contribution in [2.45, 2.75) is 36.7 Å². The summed E-state index contributed by atoms with van der Waals surface area (Å²) in [6.07, 6.45) is 5.94. The Morgan fingerprint density at radius 1 is 1.23 bits per heavy atom. The number of anilines is 3. The number of likely N-dealkylation sites (N-methyl/N-ethyl adjacent to an activating group) is 1. The number of hydrogen-bond acceptors (Lipinski definition) is 7. The van der Waals surface area contributed by atoms with E-state index in [2.05, 4.69) is 20.6 Å². The lowest BCUT2D eigenvalue weighted by molar-refractivity contribution is -0.129. The molecule has 1 saturated heterocycles. The van der Waals surface area contributed by atoms with E-state index in [0.717, 1.165) is 24.8 Å². The predicted molar refractivity (Wildman–Crippen MR) is 109 cm³/mol. The van der Waals surface area contributed by atoms with Crippen LogP contribution < -0.4 is 15.5 Å². The van der Waals surface area contributed by atoms with E-state index in [1.54, 1.807) is 37.5 Å². The van der Waals surface area contributed by atoms with Gasteiger partial charge in [-0.1, -0.05) is 12.5 Å². The van der Waals surface area contributed by atoms with E-state index in [4.69, 9.17) is 5.26 Å². The number of rotatable bonds is 5. The molecule has 2 aromatic heterocycles. The van der Waals surface area contributed by atoms with Gasteiger partial charge in [-0.15, -0.1) is 0 Å². The zero-order valence-electron chi connectivity index (χ0n) is 16.6. The molecule has 3 heterocycles. The van der Waals surface area contributed by atoms with E-state index in [0.29, 0.717) is 17.3 Å². The summed E-state index contributed by atoms with van der Waals surface area (Å²) < 4.78 is 0. The molecular formula is C21H22N6O3. The molecule has 2 amide bonds. The van der Waals surface area contributed by atoms with Gasteiger partial charge in [0.2, 0.25) is 11.5 Å². The summed E-state index contributed by atoms with van der Waals surface area (Å²) in [6.45, 7) is 0.251. The third-order valence-corrected chi connectivity index (χ3v) is 5.98. The van der Waals surface area contributed by atoms with Crippen LogP contribution in [0.5, 0.6) is 0 Å². The van der Waals surface area contributed by atoms with Crippen LogP contribution in [0, 0.1) is 11.3 Å². The van der Waals surface area contributed by atoms with Gasteiger partial charge >= 0.3 is 0 Å². The van der Waals surface area contributed by atoms with Crippen LogP contribution in [0.1, 0.15) is 31.2 Å². The summed E-state index contributed by atoms with van der Waals surface area (Å²) in [6, 6.07) is 8.67. The third kappa shape index (κ3) is 3.15. The highest BCUT2D eigenvalue weighted by molar-refractivity contribution is 6.03. The van der Waals surface area contributed by atoms with Gasteiger partial charge in [-0.25, -0.2) is 9.97 Å². The number of pyridine rings is 2. The molecule has 1 aliphatic carbocycles. The smallest absolute Gasteiger partial charge is 0.273 e. The van der Waals surface area contributed by atoms with Crippen LogP contribution in [0.25, 0.3) is 0 Å². The molecule has 30 heavy (non-hydrogen) atoms. The van der Waals surface area contributed by atoms with Crippen LogP contribution in [-0.4, -0.2) is 46.1 Å². The summed E-state index contributed by atoms with van der Waals surface area (Å²) in [7, 11) is 1.65. The molecule has 0 unspecified atom stereocenters. The standard InChI is InChI=1S/C21H22N6O3/c1-23-18(28)20(6-2-7-20)14-3-4-16(25-12-14)26-17-11-15(5-9-24-17)27-10-8-21(30,13-22)19(27)29/h3-5,9,11-12,30H,2,6-8,10H2,1H3,(H,23,28)(H,24,25,26)/t21-/m0/s1. The average molecular weight is 406 g/mol. The van der Waals surface area contributed by atoms with Crippen molar-refractivity contribution in [3.8, 4) is 6.07 Å². The van der Waals surface area contributed by atoms with E-state index < -0.39 is 16.9 Å². The molecule has 1 aliphatic heterocycles. The van der Waals surface area contributed by atoms with Gasteiger partial charge in [-0.2, -0.15) is 5.26 Å². The average Bonchev–Trinajstić information content (AvgIpc) is 3.04. The fourth-order valence-corrected chi connectivity index (χ4v) is 4.01. The minimum Gasteiger partial charge on any atom is -0.368 e. The number of aliphatic hydroxyl groups is 1. The quantitative estimate of drug-likeness (QED) is 0.639. The van der Waals surface area contributed by atoms with Gasteiger partial charge in [0.05, 0.1) is 5.41 Å². The number of nitrogens with one attached hydrogen (secondary N) is 2. The third-order valence-electron chi connectivity index (χ3n) is 5.98. The molecule has 154 valence electrons. The Kier molecular flexibility index (Phi) is 4.87. The highest BCUT2D eigenvalue weighted by Gasteiger charge is 2.46. The van der Waals surface area contributed by atoms with Crippen LogP contribution in [0.3, 0.4) is 0 Å². The minimum absolute atomic E-state index is 0.0123. The molecule has 0 spiro atoms. The van der Waals surface area contributed by atoms with Gasteiger partial charge < -0.3 is 20.6 Å². The first-order valence-electron chi connectivity index (χ1n) is 9.79. The summed E-state index contributed by atoms with van der Waals surface area (Å²) in [5.74, 6) is 0.400. The Morgan fingerprint density at radius 3 is 2.60 bits per heavy atom. The molecule has 0 radical (unpaired) electrons. The summed E-state index contributed by atoms with van der Waals surface area (Å²) >= 11 is 0. The molecule has 2 fully saturated rings. The lowest BCUT2D eigenvalue weighted by Crippen LogP contribution is -2.48. The summed E-state index contributed by atoms with van der Waals surface area (Å²) in [4.78, 5) is 34.7. The first-order chi connectivity index (χ1) is 14.4. The van der Waals surface area contributed by atoms with Gasteiger partial charge in [0, 0.05) is 44.2 Å². The fraction of sp³-hybridized carbons (Fsp3) is 0.381. The number of amides is 2. The van der Waals surface area contributed by atoms with Gasteiger partial charge in [0.1, 0.15) is 17.7 Å². The van der Waals surface area contributed by atoms with Gasteiger partial charge in [-0.3, -0.25) is 9.59 Å². The molecule has 9 nitrogen and oxygen atoms in total. The van der Waals surface area contributed by atoms with Gasteiger partial charge in [0.25, 0.3) is 5.91 Å². The van der Waals surface area contributed by atoms with Crippen molar-refractivity contribution >= 4 is 29.1 Å². The van der Waals surface area contributed by atoms with Crippen LogP contribution in [0.15, 0.2) is 36.7 Å². The number of hydrogen-bond donors (Lipinski definition) is 3. The first-order valence-corrected chi connectivity index (χ1v) is 9.79. The second-order valence-electron chi connectivity index (χ2n) is 7.65. The van der Waals surface area contributed by atoms with Crippen molar-refractivity contribution in [3.63, 3.8) is 0 Å². The largest absolute Gasteiger partial charge is 0.368 e. The molecule has 2 aliphatic rings. The van der Waals surface area contributed by atoms with E-state index in [-0.39, 0.29) is 18.9 Å². The number of nitrogens with zero attached hydrogens (tertiary/aromatic N) is 4. The van der Waals surface area contributed by atoms with E-state index in [9.17, 15) is 14.7 Å². The monoisotopic (exact) mass is 406 g/mol. The Balaban J connectivity index is 1.51. The Bertz CT molecular complexity index is 1030. The van der Waals surface area contributed by atoms with Crippen LogP contribution >= 0.6 is 0 Å². The molecule has 3 N–H and O–H groups in total. The lowest BCUT2D eigenvalue weighted by atomic mass is 9.64. The van der Waals surface area contributed by atoms with Gasteiger partial charge in [0.15, 0.2) is 0 Å². The fourth-order valence-electron chi connectivity index (χ4n) is 4.01. The van der Waals surface area contributed by atoms with E-state index in [1.807, 2.05) is 6.07 Å². The normalized spacial score (nSPS) is 22.2. The number of carbonyl (C=O) groups excluding carboxylic acids is 2. The zero-order chi connectivity index (χ0) is 21.4. The SMILES string of the molecule is CNC(=O)C1(c2ccc(Nc3cc(N4CC[C@](O)(C#N)C4=O)ccn3)nc2)CCC1. The number of nitriles is 1. The maximum absolute atomic E-state index is 12.3. The molecule has 0 aromatic carbocycles. The maximum atomic E-state index is 12.3. The first kappa shape index (κ1) is 19.8.